The summed E-state index contributed by atoms with van der Waals surface area (Å²) in [5, 5.41) is 2.29. The molecule has 0 fully saturated rings. The van der Waals surface area contributed by atoms with Gasteiger partial charge in [-0.1, -0.05) is 161 Å². The molecule has 56 heavy (non-hydrogen) atoms. The van der Waals surface area contributed by atoms with Gasteiger partial charge in [-0.25, -0.2) is 0 Å². The first-order valence-electron chi connectivity index (χ1n) is 19.7. The largest absolute Gasteiger partial charge is 0.456 e. The van der Waals surface area contributed by atoms with E-state index in [0.29, 0.717) is 0 Å². The van der Waals surface area contributed by atoms with Crippen LogP contribution in [0.1, 0.15) is 49.9 Å². The van der Waals surface area contributed by atoms with Crippen LogP contribution in [0.4, 0.5) is 17.1 Å². The second-order valence-electron chi connectivity index (χ2n) is 16.5. The molecular formula is C54H41NO. The van der Waals surface area contributed by atoms with Crippen molar-refractivity contribution < 1.29 is 4.42 Å². The zero-order valence-electron chi connectivity index (χ0n) is 32.1. The number of rotatable bonds is 5. The maximum absolute atomic E-state index is 6.29. The van der Waals surface area contributed by atoms with Gasteiger partial charge >= 0.3 is 0 Å². The van der Waals surface area contributed by atoms with E-state index in [1.165, 1.54) is 66.9 Å². The first-order valence-corrected chi connectivity index (χ1v) is 19.7. The smallest absolute Gasteiger partial charge is 0.136 e. The minimum atomic E-state index is -0.121. The van der Waals surface area contributed by atoms with Crippen LogP contribution >= 0.6 is 0 Å². The van der Waals surface area contributed by atoms with Gasteiger partial charge in [0.15, 0.2) is 0 Å². The molecule has 0 saturated heterocycles. The lowest BCUT2D eigenvalue weighted by Gasteiger charge is -2.31. The van der Waals surface area contributed by atoms with Gasteiger partial charge in [-0.15, -0.1) is 0 Å². The molecule has 0 saturated carbocycles. The first-order chi connectivity index (χ1) is 27.3. The zero-order valence-corrected chi connectivity index (χ0v) is 32.1. The van der Waals surface area contributed by atoms with Gasteiger partial charge in [0.2, 0.25) is 0 Å². The molecule has 2 nitrogen and oxygen atoms in total. The summed E-state index contributed by atoms with van der Waals surface area (Å²) >= 11 is 0. The topological polar surface area (TPSA) is 16.4 Å². The Morgan fingerprint density at radius 3 is 1.77 bits per heavy atom. The third-order valence-electron chi connectivity index (χ3n) is 12.7. The van der Waals surface area contributed by atoms with Gasteiger partial charge in [-0.3, -0.25) is 0 Å². The molecule has 8 aromatic carbocycles. The Hall–Kier alpha value is -6.64. The lowest BCUT2D eigenvalue weighted by Crippen LogP contribution is -2.16. The van der Waals surface area contributed by atoms with Crippen LogP contribution in [0, 0.1) is 0 Å². The molecule has 0 spiro atoms. The van der Waals surface area contributed by atoms with Gasteiger partial charge in [0, 0.05) is 38.4 Å². The van der Waals surface area contributed by atoms with E-state index < -0.39 is 0 Å². The minimum absolute atomic E-state index is 0.0921. The maximum Gasteiger partial charge on any atom is 0.136 e. The quantitative estimate of drug-likeness (QED) is 0.176. The van der Waals surface area contributed by atoms with Crippen LogP contribution in [0.2, 0.25) is 0 Å². The summed E-state index contributed by atoms with van der Waals surface area (Å²) in [5.41, 5.74) is 20.5. The molecule has 11 rings (SSSR count). The Morgan fingerprint density at radius 1 is 0.393 bits per heavy atom. The van der Waals surface area contributed by atoms with Crippen molar-refractivity contribution in [2.24, 2.45) is 0 Å². The van der Waals surface area contributed by atoms with Crippen molar-refractivity contribution in [1.82, 2.24) is 0 Å². The molecule has 0 amide bonds. The number of fused-ring (bicyclic) bond motifs is 9. The Kier molecular flexibility index (Phi) is 6.98. The van der Waals surface area contributed by atoms with Gasteiger partial charge in [0.25, 0.3) is 0 Å². The second-order valence-corrected chi connectivity index (χ2v) is 16.5. The van der Waals surface area contributed by atoms with E-state index in [9.17, 15) is 0 Å². The molecular weight excluding hydrogens is 679 g/mol. The van der Waals surface area contributed by atoms with Crippen molar-refractivity contribution in [2.75, 3.05) is 4.90 Å². The van der Waals surface area contributed by atoms with Crippen LogP contribution in [0.3, 0.4) is 0 Å². The van der Waals surface area contributed by atoms with Gasteiger partial charge in [0.1, 0.15) is 11.2 Å². The SMILES string of the molecule is CC1(C)c2ccccc2-c2ccc(-c3ccccc3N(c3ccc(-c4cccc5oc6ccccc6c45)cc3)c3cccc4c3-c3ccccc3C4(C)C)cc21. The summed E-state index contributed by atoms with van der Waals surface area (Å²) in [7, 11) is 0. The van der Waals surface area contributed by atoms with E-state index in [1.54, 1.807) is 0 Å². The van der Waals surface area contributed by atoms with Crippen molar-refractivity contribution >= 4 is 39.0 Å². The monoisotopic (exact) mass is 719 g/mol. The first kappa shape index (κ1) is 32.8. The van der Waals surface area contributed by atoms with Crippen molar-refractivity contribution in [2.45, 2.75) is 38.5 Å². The summed E-state index contributed by atoms with van der Waals surface area (Å²) in [6.45, 7) is 9.44. The summed E-state index contributed by atoms with van der Waals surface area (Å²) in [4.78, 5) is 2.50. The summed E-state index contributed by atoms with van der Waals surface area (Å²) in [6, 6.07) is 64.6. The van der Waals surface area contributed by atoms with Gasteiger partial charge in [-0.05, 0) is 98.1 Å². The van der Waals surface area contributed by atoms with Crippen LogP contribution < -0.4 is 4.90 Å². The lowest BCUT2D eigenvalue weighted by molar-refractivity contribution is 0.660. The van der Waals surface area contributed by atoms with E-state index in [0.717, 1.165) is 38.9 Å². The highest BCUT2D eigenvalue weighted by Gasteiger charge is 2.38. The molecule has 0 radical (unpaired) electrons. The summed E-state index contributed by atoms with van der Waals surface area (Å²) in [6.07, 6.45) is 0. The molecule has 2 aliphatic rings. The Bertz CT molecular complexity index is 3030. The average Bonchev–Trinajstić information content (AvgIpc) is 3.81. The molecule has 268 valence electrons. The predicted octanol–water partition coefficient (Wildman–Crippen LogP) is 15.0. The van der Waals surface area contributed by atoms with Crippen molar-refractivity contribution in [3.05, 3.63) is 198 Å². The highest BCUT2D eigenvalue weighted by Crippen LogP contribution is 2.56. The van der Waals surface area contributed by atoms with Crippen molar-refractivity contribution in [1.29, 1.82) is 0 Å². The molecule has 1 heterocycles. The molecule has 0 atom stereocenters. The Morgan fingerprint density at radius 2 is 0.946 bits per heavy atom. The van der Waals surface area contributed by atoms with E-state index in [4.69, 9.17) is 4.42 Å². The number of furan rings is 1. The van der Waals surface area contributed by atoms with Crippen LogP contribution in [-0.4, -0.2) is 0 Å². The van der Waals surface area contributed by atoms with Crippen LogP contribution in [0.25, 0.3) is 66.4 Å². The van der Waals surface area contributed by atoms with E-state index >= 15 is 0 Å². The molecule has 0 bridgehead atoms. The van der Waals surface area contributed by atoms with Crippen LogP contribution in [-0.2, 0) is 10.8 Å². The fourth-order valence-corrected chi connectivity index (χ4v) is 9.92. The third-order valence-corrected chi connectivity index (χ3v) is 12.7. The van der Waals surface area contributed by atoms with E-state index in [2.05, 4.69) is 202 Å². The molecule has 0 N–H and O–H groups in total. The molecule has 2 heteroatoms. The highest BCUT2D eigenvalue weighted by molar-refractivity contribution is 6.12. The number of nitrogens with zero attached hydrogens (tertiary/aromatic N) is 1. The van der Waals surface area contributed by atoms with Crippen molar-refractivity contribution in [3.63, 3.8) is 0 Å². The van der Waals surface area contributed by atoms with Gasteiger partial charge < -0.3 is 9.32 Å². The number of hydrogen-bond donors (Lipinski definition) is 0. The van der Waals surface area contributed by atoms with Crippen LogP contribution in [0.5, 0.6) is 0 Å². The predicted molar refractivity (Wildman–Crippen MR) is 234 cm³/mol. The molecule has 2 aliphatic carbocycles. The number of para-hydroxylation sites is 2. The van der Waals surface area contributed by atoms with Crippen molar-refractivity contribution in [3.8, 4) is 44.5 Å². The summed E-state index contributed by atoms with van der Waals surface area (Å²) in [5.74, 6) is 0. The van der Waals surface area contributed by atoms with Crippen LogP contribution in [0.15, 0.2) is 180 Å². The normalized spacial score (nSPS) is 14.4. The Balaban J connectivity index is 1.12. The number of benzene rings is 8. The molecule has 9 aromatic rings. The van der Waals surface area contributed by atoms with E-state index in [1.807, 2.05) is 6.07 Å². The summed E-state index contributed by atoms with van der Waals surface area (Å²) < 4.78 is 6.29. The highest BCUT2D eigenvalue weighted by atomic mass is 16.3. The third kappa shape index (κ3) is 4.62. The molecule has 1 aromatic heterocycles. The van der Waals surface area contributed by atoms with Gasteiger partial charge in [-0.2, -0.15) is 0 Å². The van der Waals surface area contributed by atoms with E-state index in [-0.39, 0.29) is 10.8 Å². The standard InChI is InChI=1S/C54H41NO/c1-53(2)44-21-10-6-17-41(44)52-45(53)22-14-24-48(52)55(36-30-27-34(28-31-36)38-19-13-26-50-51(38)42-18-8-12-25-49(42)56-50)47-23-11-7-15-37(47)35-29-32-40-39-16-5-9-20-43(39)54(3,4)46(40)33-35/h5-33H,1-4H3. The number of hydrogen-bond acceptors (Lipinski definition) is 2. The molecule has 0 unspecified atom stereocenters. The second kappa shape index (κ2) is 11.9. The fourth-order valence-electron chi connectivity index (χ4n) is 9.92. The average molecular weight is 720 g/mol. The fraction of sp³-hybridized carbons (Fsp3) is 0.111. The molecule has 0 aliphatic heterocycles. The van der Waals surface area contributed by atoms with Gasteiger partial charge in [0.05, 0.1) is 11.4 Å². The Labute approximate surface area is 328 Å². The minimum Gasteiger partial charge on any atom is -0.456 e. The maximum atomic E-state index is 6.29. The zero-order chi connectivity index (χ0) is 37.8. The lowest BCUT2D eigenvalue weighted by atomic mass is 9.81. The number of anilines is 3.